The van der Waals surface area contributed by atoms with Crippen LogP contribution in [0.3, 0.4) is 0 Å². The van der Waals surface area contributed by atoms with Gasteiger partial charge in [0, 0.05) is 6.54 Å². The van der Waals surface area contributed by atoms with Crippen molar-refractivity contribution in [2.24, 2.45) is 5.92 Å². The smallest absolute Gasteiger partial charge is 0.333 e. The average molecular weight is 490 g/mol. The van der Waals surface area contributed by atoms with E-state index in [4.69, 9.17) is 4.74 Å². The van der Waals surface area contributed by atoms with E-state index in [9.17, 15) is 14.4 Å². The number of hydrogen-bond donors (Lipinski definition) is 1. The summed E-state index contributed by atoms with van der Waals surface area (Å²) in [7, 11) is 0. The number of hydrogen-bond acceptors (Lipinski definition) is 5. The van der Waals surface area contributed by atoms with Crippen molar-refractivity contribution in [1.82, 2.24) is 18.7 Å². The summed E-state index contributed by atoms with van der Waals surface area (Å²) in [6.45, 7) is 6.88. The summed E-state index contributed by atoms with van der Waals surface area (Å²) >= 11 is 0. The van der Waals surface area contributed by atoms with Crippen molar-refractivity contribution in [3.8, 4) is 5.75 Å². The molecule has 0 atom stereocenters. The van der Waals surface area contributed by atoms with Crippen molar-refractivity contribution >= 4 is 22.8 Å². The van der Waals surface area contributed by atoms with Crippen molar-refractivity contribution in [2.45, 2.75) is 46.8 Å². The second kappa shape index (κ2) is 11.1. The fraction of sp³-hybridized carbons (Fsp3) is 0.333. The number of benzene rings is 2. The molecule has 0 aliphatic heterocycles. The molecule has 0 unspecified atom stereocenters. The van der Waals surface area contributed by atoms with E-state index >= 15 is 0 Å². The van der Waals surface area contributed by atoms with Crippen LogP contribution in [0.1, 0.15) is 32.8 Å². The summed E-state index contributed by atoms with van der Waals surface area (Å²) < 4.78 is 9.79. The van der Waals surface area contributed by atoms with Crippen LogP contribution in [-0.2, 0) is 24.4 Å². The normalized spacial score (nSPS) is 11.2. The van der Waals surface area contributed by atoms with Crippen molar-refractivity contribution in [3.05, 3.63) is 87.3 Å². The first-order valence-electron chi connectivity index (χ1n) is 12.1. The van der Waals surface area contributed by atoms with Crippen molar-refractivity contribution < 1.29 is 9.53 Å². The van der Waals surface area contributed by atoms with E-state index in [1.165, 1.54) is 4.57 Å². The molecule has 1 amide bonds. The number of rotatable bonds is 10. The van der Waals surface area contributed by atoms with Crippen LogP contribution in [0.4, 0.5) is 5.69 Å². The lowest BCUT2D eigenvalue weighted by Gasteiger charge is -2.14. The van der Waals surface area contributed by atoms with Crippen LogP contribution in [0.15, 0.2) is 70.5 Å². The Morgan fingerprint density at radius 2 is 1.75 bits per heavy atom. The molecule has 2 aromatic carbocycles. The predicted molar refractivity (Wildman–Crippen MR) is 139 cm³/mol. The summed E-state index contributed by atoms with van der Waals surface area (Å²) in [4.78, 5) is 44.5. The van der Waals surface area contributed by atoms with Crippen LogP contribution in [-0.4, -0.2) is 31.2 Å². The molecule has 1 N–H and O–H groups in total. The highest BCUT2D eigenvalue weighted by atomic mass is 16.5. The molecule has 9 nitrogen and oxygen atoms in total. The molecule has 4 aromatic rings. The fourth-order valence-corrected chi connectivity index (χ4v) is 4.04. The lowest BCUT2D eigenvalue weighted by Crippen LogP contribution is -2.43. The number of ether oxygens (including phenoxy) is 1. The minimum atomic E-state index is -0.585. The van der Waals surface area contributed by atoms with Crippen molar-refractivity contribution in [3.63, 3.8) is 0 Å². The second-order valence-electron chi connectivity index (χ2n) is 9.02. The maximum Gasteiger partial charge on any atom is 0.333 e. The molecule has 0 saturated carbocycles. The zero-order valence-corrected chi connectivity index (χ0v) is 20.8. The van der Waals surface area contributed by atoms with Gasteiger partial charge in [-0.05, 0) is 37.0 Å². The molecule has 188 valence electrons. The first kappa shape index (κ1) is 25.0. The Bertz CT molecular complexity index is 1470. The van der Waals surface area contributed by atoms with Gasteiger partial charge in [-0.15, -0.1) is 0 Å². The first-order chi connectivity index (χ1) is 17.4. The molecule has 0 aliphatic carbocycles. The number of nitrogens with one attached hydrogen (secondary N) is 1. The largest absolute Gasteiger partial charge is 0.492 e. The van der Waals surface area contributed by atoms with E-state index in [0.717, 1.165) is 16.6 Å². The molecule has 0 fully saturated rings. The predicted octanol–water partition coefficient (Wildman–Crippen LogP) is 3.49. The molecule has 2 heterocycles. The number of aromatic nitrogens is 4. The Morgan fingerprint density at radius 1 is 1.03 bits per heavy atom. The Labute approximate surface area is 209 Å². The number of amides is 1. The lowest BCUT2D eigenvalue weighted by molar-refractivity contribution is -0.116. The molecule has 36 heavy (non-hydrogen) atoms. The molecule has 9 heteroatoms. The van der Waals surface area contributed by atoms with E-state index in [1.807, 2.05) is 37.3 Å². The quantitative estimate of drug-likeness (QED) is 0.368. The van der Waals surface area contributed by atoms with Crippen LogP contribution < -0.4 is 21.3 Å². The molecule has 0 bridgehead atoms. The molecular weight excluding hydrogens is 458 g/mol. The summed E-state index contributed by atoms with van der Waals surface area (Å²) in [6.07, 6.45) is 2.44. The van der Waals surface area contributed by atoms with Gasteiger partial charge in [-0.2, -0.15) is 0 Å². The minimum absolute atomic E-state index is 0.229. The van der Waals surface area contributed by atoms with Gasteiger partial charge in [0.1, 0.15) is 12.3 Å². The van der Waals surface area contributed by atoms with E-state index in [0.29, 0.717) is 41.7 Å². The molecule has 0 aliphatic rings. The molecule has 4 rings (SSSR count). The van der Waals surface area contributed by atoms with Gasteiger partial charge in [0.05, 0.1) is 25.2 Å². The van der Waals surface area contributed by atoms with Crippen LogP contribution in [0.2, 0.25) is 0 Å². The third-order valence-electron chi connectivity index (χ3n) is 5.88. The SMILES string of the molecule is CCOc1ccccc1NC(=O)Cn1c(=O)c2c(ncn2CCC(C)C)n(Cc2ccccc2)c1=O. The number of para-hydroxylation sites is 2. The molecule has 2 aromatic heterocycles. The summed E-state index contributed by atoms with van der Waals surface area (Å²) in [6, 6.07) is 16.5. The zero-order chi connectivity index (χ0) is 25.7. The zero-order valence-electron chi connectivity index (χ0n) is 20.8. The highest BCUT2D eigenvalue weighted by Crippen LogP contribution is 2.23. The van der Waals surface area contributed by atoms with E-state index < -0.39 is 23.7 Å². The van der Waals surface area contributed by atoms with Gasteiger partial charge in [0.15, 0.2) is 11.2 Å². The minimum Gasteiger partial charge on any atom is -0.492 e. The standard InChI is InChI=1S/C27H31N5O4/c1-4-36-22-13-9-8-12-21(22)29-23(33)17-32-26(34)24-25(28-18-30(24)15-14-19(2)3)31(27(32)35)16-20-10-6-5-7-11-20/h5-13,18-19H,4,14-17H2,1-3H3,(H,29,33). The van der Waals surface area contributed by atoms with Gasteiger partial charge >= 0.3 is 5.69 Å². The molecule has 0 spiro atoms. The monoisotopic (exact) mass is 489 g/mol. The first-order valence-corrected chi connectivity index (χ1v) is 12.1. The van der Waals surface area contributed by atoms with Gasteiger partial charge in [-0.25, -0.2) is 14.3 Å². The van der Waals surface area contributed by atoms with E-state index in [-0.39, 0.29) is 6.54 Å². The topological polar surface area (TPSA) is 100 Å². The van der Waals surface area contributed by atoms with Gasteiger partial charge < -0.3 is 14.6 Å². The van der Waals surface area contributed by atoms with Gasteiger partial charge in [-0.3, -0.25) is 14.2 Å². The molecule has 0 saturated heterocycles. The number of nitrogens with zero attached hydrogens (tertiary/aromatic N) is 4. The van der Waals surface area contributed by atoms with Crippen molar-refractivity contribution in [1.29, 1.82) is 0 Å². The lowest BCUT2D eigenvalue weighted by atomic mass is 10.1. The second-order valence-corrected chi connectivity index (χ2v) is 9.02. The van der Waals surface area contributed by atoms with Crippen molar-refractivity contribution in [2.75, 3.05) is 11.9 Å². The van der Waals surface area contributed by atoms with Crippen LogP contribution >= 0.6 is 0 Å². The number of carbonyl (C=O) groups is 1. The van der Waals surface area contributed by atoms with Gasteiger partial charge in [0.2, 0.25) is 5.91 Å². The Kier molecular flexibility index (Phi) is 7.68. The summed E-state index contributed by atoms with van der Waals surface area (Å²) in [5, 5.41) is 2.77. The number of imidazole rings is 1. The van der Waals surface area contributed by atoms with Gasteiger partial charge in [-0.1, -0.05) is 56.3 Å². The average Bonchev–Trinajstić information content (AvgIpc) is 3.29. The highest BCUT2D eigenvalue weighted by Gasteiger charge is 2.20. The van der Waals surface area contributed by atoms with Crippen LogP contribution in [0, 0.1) is 5.92 Å². The van der Waals surface area contributed by atoms with Crippen LogP contribution in [0.25, 0.3) is 11.2 Å². The highest BCUT2D eigenvalue weighted by molar-refractivity contribution is 5.92. The molecule has 0 radical (unpaired) electrons. The Balaban J connectivity index is 1.76. The van der Waals surface area contributed by atoms with Crippen LogP contribution in [0.5, 0.6) is 5.75 Å². The third-order valence-corrected chi connectivity index (χ3v) is 5.88. The Hall–Kier alpha value is -4.14. The third kappa shape index (κ3) is 5.40. The number of anilines is 1. The summed E-state index contributed by atoms with van der Waals surface area (Å²) in [5.74, 6) is 0.445. The summed E-state index contributed by atoms with van der Waals surface area (Å²) in [5.41, 5.74) is 0.875. The van der Waals surface area contributed by atoms with E-state index in [2.05, 4.69) is 24.1 Å². The van der Waals surface area contributed by atoms with Gasteiger partial charge in [0.25, 0.3) is 5.56 Å². The molecular formula is C27H31N5O4. The number of carbonyl (C=O) groups excluding carboxylic acids is 1. The van der Waals surface area contributed by atoms with E-state index in [1.54, 1.807) is 35.2 Å². The maximum atomic E-state index is 13.5. The Morgan fingerprint density at radius 3 is 2.47 bits per heavy atom. The number of aryl methyl sites for hydroxylation is 1. The fourth-order valence-electron chi connectivity index (χ4n) is 4.04. The number of fused-ring (bicyclic) bond motifs is 1. The maximum absolute atomic E-state index is 13.5.